The van der Waals surface area contributed by atoms with Gasteiger partial charge < -0.3 is 19.3 Å². The summed E-state index contributed by atoms with van der Waals surface area (Å²) in [5.74, 6) is -0.580. The average molecular weight is 417 g/mol. The van der Waals surface area contributed by atoms with Crippen LogP contribution in [0.25, 0.3) is 0 Å². The third-order valence-corrected chi connectivity index (χ3v) is 5.76. The molecule has 2 atom stereocenters. The van der Waals surface area contributed by atoms with E-state index in [1.54, 1.807) is 28.9 Å². The molecule has 1 aromatic rings. The summed E-state index contributed by atoms with van der Waals surface area (Å²) >= 11 is 0. The number of nitrogens with zero attached hydrogens (tertiary/aromatic N) is 2. The SMILES string of the molecule is CC(C)(C)OC(=O)N1CCC[C@H]1COC(=O)C1(C)CCCN1C(=O)c1ccccc1. The van der Waals surface area contributed by atoms with E-state index in [0.717, 1.165) is 19.3 Å². The molecule has 7 heteroatoms. The second kappa shape index (κ2) is 8.66. The highest BCUT2D eigenvalue weighted by Crippen LogP contribution is 2.32. The van der Waals surface area contributed by atoms with Gasteiger partial charge in [-0.15, -0.1) is 0 Å². The van der Waals surface area contributed by atoms with E-state index in [1.807, 2.05) is 39.0 Å². The zero-order valence-electron chi connectivity index (χ0n) is 18.3. The Kier molecular flexibility index (Phi) is 6.38. The molecule has 0 radical (unpaired) electrons. The van der Waals surface area contributed by atoms with Crippen LogP contribution in [0.4, 0.5) is 4.79 Å². The molecule has 0 N–H and O–H groups in total. The number of benzene rings is 1. The molecular formula is C23H32N2O5. The van der Waals surface area contributed by atoms with Crippen LogP contribution in [0.5, 0.6) is 0 Å². The first-order valence-electron chi connectivity index (χ1n) is 10.7. The number of esters is 1. The Hall–Kier alpha value is -2.57. The number of carbonyl (C=O) groups excluding carboxylic acids is 3. The van der Waals surface area contributed by atoms with E-state index in [9.17, 15) is 14.4 Å². The van der Waals surface area contributed by atoms with E-state index in [2.05, 4.69) is 0 Å². The Morgan fingerprint density at radius 3 is 2.47 bits per heavy atom. The summed E-state index contributed by atoms with van der Waals surface area (Å²) in [5.41, 5.74) is -1.01. The maximum absolute atomic E-state index is 13.0. The lowest BCUT2D eigenvalue weighted by atomic mass is 9.98. The summed E-state index contributed by atoms with van der Waals surface area (Å²) in [6.45, 7) is 8.48. The van der Waals surface area contributed by atoms with Gasteiger partial charge >= 0.3 is 12.1 Å². The van der Waals surface area contributed by atoms with Crippen LogP contribution in [-0.2, 0) is 14.3 Å². The van der Waals surface area contributed by atoms with Crippen LogP contribution >= 0.6 is 0 Å². The minimum atomic E-state index is -0.998. The van der Waals surface area contributed by atoms with Crippen molar-refractivity contribution in [1.29, 1.82) is 0 Å². The monoisotopic (exact) mass is 416 g/mol. The smallest absolute Gasteiger partial charge is 0.410 e. The zero-order valence-corrected chi connectivity index (χ0v) is 18.3. The van der Waals surface area contributed by atoms with Crippen LogP contribution in [0.1, 0.15) is 63.7 Å². The van der Waals surface area contributed by atoms with E-state index >= 15 is 0 Å². The molecule has 164 valence electrons. The van der Waals surface area contributed by atoms with E-state index < -0.39 is 17.1 Å². The molecule has 7 nitrogen and oxygen atoms in total. The molecular weight excluding hydrogens is 384 g/mol. The summed E-state index contributed by atoms with van der Waals surface area (Å²) < 4.78 is 11.1. The maximum atomic E-state index is 13.0. The molecule has 0 aromatic heterocycles. The van der Waals surface area contributed by atoms with Crippen molar-refractivity contribution in [1.82, 2.24) is 9.80 Å². The summed E-state index contributed by atoms with van der Waals surface area (Å²) in [4.78, 5) is 41.7. The Bertz CT molecular complexity index is 789. The summed E-state index contributed by atoms with van der Waals surface area (Å²) in [7, 11) is 0. The molecule has 2 heterocycles. The summed E-state index contributed by atoms with van der Waals surface area (Å²) in [5, 5.41) is 0. The average Bonchev–Trinajstić information content (AvgIpc) is 3.32. The van der Waals surface area contributed by atoms with Crippen molar-refractivity contribution in [3.05, 3.63) is 35.9 Å². The third-order valence-electron chi connectivity index (χ3n) is 5.76. The predicted octanol–water partition coefficient (Wildman–Crippen LogP) is 3.62. The van der Waals surface area contributed by atoms with Gasteiger partial charge in [0.25, 0.3) is 5.91 Å². The highest BCUT2D eigenvalue weighted by atomic mass is 16.6. The third kappa shape index (κ3) is 4.77. The number of hydrogen-bond donors (Lipinski definition) is 0. The summed E-state index contributed by atoms with van der Waals surface area (Å²) in [6, 6.07) is 8.78. The zero-order chi connectivity index (χ0) is 21.9. The van der Waals surface area contributed by atoms with Crippen molar-refractivity contribution in [3.63, 3.8) is 0 Å². The Labute approximate surface area is 178 Å². The first kappa shape index (κ1) is 22.1. The van der Waals surface area contributed by atoms with E-state index in [-0.39, 0.29) is 24.6 Å². The fourth-order valence-corrected chi connectivity index (χ4v) is 4.13. The highest BCUT2D eigenvalue weighted by molar-refractivity contribution is 5.98. The van der Waals surface area contributed by atoms with Gasteiger partial charge in [0.05, 0.1) is 6.04 Å². The van der Waals surface area contributed by atoms with Gasteiger partial charge in [0.15, 0.2) is 0 Å². The molecule has 30 heavy (non-hydrogen) atoms. The fraction of sp³-hybridized carbons (Fsp3) is 0.609. The number of hydrogen-bond acceptors (Lipinski definition) is 5. The number of likely N-dealkylation sites (tertiary alicyclic amines) is 2. The van der Waals surface area contributed by atoms with E-state index in [4.69, 9.17) is 9.47 Å². The molecule has 1 unspecified atom stereocenters. The fourth-order valence-electron chi connectivity index (χ4n) is 4.13. The lowest BCUT2D eigenvalue weighted by Gasteiger charge is -2.34. The Morgan fingerprint density at radius 2 is 1.80 bits per heavy atom. The Balaban J connectivity index is 1.63. The largest absolute Gasteiger partial charge is 0.462 e. The minimum Gasteiger partial charge on any atom is -0.462 e. The maximum Gasteiger partial charge on any atom is 0.410 e. The molecule has 3 rings (SSSR count). The molecule has 0 aliphatic carbocycles. The molecule has 0 spiro atoms. The van der Waals surface area contributed by atoms with E-state index in [0.29, 0.717) is 25.1 Å². The standard InChI is InChI=1S/C23H32N2O5/c1-22(2,3)30-21(28)24-14-8-12-18(24)16-29-20(27)23(4)13-9-15-25(23)19(26)17-10-6-5-7-11-17/h5-7,10-11,18H,8-9,12-16H2,1-4H3/t18-,23?/m0/s1. The van der Waals surface area contributed by atoms with Gasteiger partial charge in [-0.1, -0.05) is 18.2 Å². The van der Waals surface area contributed by atoms with Crippen LogP contribution in [-0.4, -0.2) is 64.6 Å². The molecule has 2 amide bonds. The van der Waals surface area contributed by atoms with Crippen LogP contribution in [0.3, 0.4) is 0 Å². The van der Waals surface area contributed by atoms with Crippen LogP contribution in [0, 0.1) is 0 Å². The van der Waals surface area contributed by atoms with Crippen molar-refractivity contribution < 1.29 is 23.9 Å². The lowest BCUT2D eigenvalue weighted by Crippen LogP contribution is -2.52. The van der Waals surface area contributed by atoms with Gasteiger partial charge in [-0.2, -0.15) is 0 Å². The van der Waals surface area contributed by atoms with Gasteiger partial charge in [0.2, 0.25) is 0 Å². The van der Waals surface area contributed by atoms with Gasteiger partial charge in [0.1, 0.15) is 17.7 Å². The molecule has 2 fully saturated rings. The van der Waals surface area contributed by atoms with Crippen LogP contribution in [0.15, 0.2) is 30.3 Å². The topological polar surface area (TPSA) is 76.2 Å². The van der Waals surface area contributed by atoms with Gasteiger partial charge in [-0.3, -0.25) is 4.79 Å². The molecule has 1 aromatic carbocycles. The normalized spacial score (nSPS) is 24.1. The molecule has 2 aliphatic heterocycles. The number of ether oxygens (including phenoxy) is 2. The number of amides is 2. The predicted molar refractivity (Wildman–Crippen MR) is 112 cm³/mol. The second-order valence-electron chi connectivity index (χ2n) is 9.27. The van der Waals surface area contributed by atoms with Crippen LogP contribution < -0.4 is 0 Å². The Morgan fingerprint density at radius 1 is 1.10 bits per heavy atom. The van der Waals surface area contributed by atoms with Gasteiger partial charge in [0, 0.05) is 18.7 Å². The van der Waals surface area contributed by atoms with E-state index in [1.165, 1.54) is 0 Å². The first-order chi connectivity index (χ1) is 14.1. The summed E-state index contributed by atoms with van der Waals surface area (Å²) in [6.07, 6.45) is 2.53. The van der Waals surface area contributed by atoms with Crippen molar-refractivity contribution in [2.24, 2.45) is 0 Å². The van der Waals surface area contributed by atoms with Crippen LogP contribution in [0.2, 0.25) is 0 Å². The second-order valence-corrected chi connectivity index (χ2v) is 9.27. The van der Waals surface area contributed by atoms with Crippen molar-refractivity contribution >= 4 is 18.0 Å². The number of rotatable bonds is 4. The quantitative estimate of drug-likeness (QED) is 0.701. The first-order valence-corrected chi connectivity index (χ1v) is 10.7. The highest BCUT2D eigenvalue weighted by Gasteiger charge is 2.47. The van der Waals surface area contributed by atoms with Crippen molar-refractivity contribution in [2.45, 2.75) is 70.6 Å². The van der Waals surface area contributed by atoms with Gasteiger partial charge in [-0.25, -0.2) is 9.59 Å². The molecule has 0 saturated carbocycles. The van der Waals surface area contributed by atoms with Crippen molar-refractivity contribution in [3.8, 4) is 0 Å². The molecule has 2 aliphatic rings. The lowest BCUT2D eigenvalue weighted by molar-refractivity contribution is -0.155. The van der Waals surface area contributed by atoms with Gasteiger partial charge in [-0.05, 0) is 65.5 Å². The molecule has 2 saturated heterocycles. The molecule has 0 bridgehead atoms. The number of carbonyl (C=O) groups is 3. The van der Waals surface area contributed by atoms with Crippen molar-refractivity contribution in [2.75, 3.05) is 19.7 Å². The minimum absolute atomic E-state index is 0.112.